The van der Waals surface area contributed by atoms with Crippen molar-refractivity contribution in [3.8, 4) is 5.75 Å². The predicted octanol–water partition coefficient (Wildman–Crippen LogP) is 3.29. The Labute approximate surface area is 127 Å². The molecule has 0 heterocycles. The first-order valence-corrected chi connectivity index (χ1v) is 6.85. The molecule has 0 amide bonds. The van der Waals surface area contributed by atoms with Crippen LogP contribution in [0, 0.1) is 10.1 Å². The summed E-state index contributed by atoms with van der Waals surface area (Å²) in [7, 11) is 0. The van der Waals surface area contributed by atoms with Crippen molar-refractivity contribution in [2.75, 3.05) is 6.54 Å². The molecule has 2 N–H and O–H groups in total. The van der Waals surface area contributed by atoms with Gasteiger partial charge in [-0.1, -0.05) is 29.8 Å². The van der Waals surface area contributed by atoms with Crippen LogP contribution >= 0.6 is 11.6 Å². The van der Waals surface area contributed by atoms with Gasteiger partial charge in [-0.2, -0.15) is 0 Å². The molecule has 5 nitrogen and oxygen atoms in total. The highest BCUT2D eigenvalue weighted by molar-refractivity contribution is 6.32. The molecule has 2 rings (SSSR count). The Morgan fingerprint density at radius 3 is 2.43 bits per heavy atom. The van der Waals surface area contributed by atoms with Gasteiger partial charge in [-0.25, -0.2) is 0 Å². The lowest BCUT2D eigenvalue weighted by Gasteiger charge is -2.06. The summed E-state index contributed by atoms with van der Waals surface area (Å²) in [6, 6.07) is 11.6. The van der Waals surface area contributed by atoms with Crippen molar-refractivity contribution in [3.05, 3.63) is 68.7 Å². The molecule has 2 aromatic carbocycles. The lowest BCUT2D eigenvalue weighted by molar-refractivity contribution is -0.384. The van der Waals surface area contributed by atoms with E-state index in [1.54, 1.807) is 30.3 Å². The molecular formula is C15H15ClN2O3. The fourth-order valence-corrected chi connectivity index (χ4v) is 2.11. The van der Waals surface area contributed by atoms with Gasteiger partial charge in [-0.05, 0) is 36.2 Å². The summed E-state index contributed by atoms with van der Waals surface area (Å²) in [5.74, 6) is 0.0753. The van der Waals surface area contributed by atoms with Crippen LogP contribution in [0.3, 0.4) is 0 Å². The van der Waals surface area contributed by atoms with E-state index in [2.05, 4.69) is 5.32 Å². The van der Waals surface area contributed by atoms with Crippen LogP contribution in [0.2, 0.25) is 5.02 Å². The van der Waals surface area contributed by atoms with Crippen molar-refractivity contribution in [1.29, 1.82) is 0 Å². The first-order valence-electron chi connectivity index (χ1n) is 6.47. The third-order valence-corrected chi connectivity index (χ3v) is 3.38. The molecule has 6 heteroatoms. The summed E-state index contributed by atoms with van der Waals surface area (Å²) in [5.41, 5.74) is 2.13. The van der Waals surface area contributed by atoms with Gasteiger partial charge in [0.15, 0.2) is 0 Å². The van der Waals surface area contributed by atoms with Gasteiger partial charge in [0.1, 0.15) is 5.75 Å². The molecule has 0 aliphatic heterocycles. The molecule has 2 aromatic rings. The minimum Gasteiger partial charge on any atom is -0.506 e. The Hall–Kier alpha value is -2.11. The minimum absolute atomic E-state index is 0.0753. The normalized spacial score (nSPS) is 10.5. The Kier molecular flexibility index (Phi) is 5.14. The number of nitro groups is 1. The Morgan fingerprint density at radius 1 is 1.14 bits per heavy atom. The number of nitrogens with one attached hydrogen (secondary N) is 1. The minimum atomic E-state index is -0.406. The second kappa shape index (κ2) is 7.06. The first-order chi connectivity index (χ1) is 10.1. The lowest BCUT2D eigenvalue weighted by Crippen LogP contribution is -2.16. The van der Waals surface area contributed by atoms with Crippen molar-refractivity contribution >= 4 is 17.3 Å². The van der Waals surface area contributed by atoms with Gasteiger partial charge >= 0.3 is 0 Å². The molecule has 0 aromatic heterocycles. The summed E-state index contributed by atoms with van der Waals surface area (Å²) < 4.78 is 0. The van der Waals surface area contributed by atoms with Crippen LogP contribution in [-0.4, -0.2) is 16.6 Å². The zero-order chi connectivity index (χ0) is 15.2. The Morgan fingerprint density at radius 2 is 1.81 bits per heavy atom. The van der Waals surface area contributed by atoms with Crippen LogP contribution in [0.25, 0.3) is 0 Å². The van der Waals surface area contributed by atoms with Gasteiger partial charge in [0, 0.05) is 18.7 Å². The molecule has 0 bridgehead atoms. The van der Waals surface area contributed by atoms with E-state index >= 15 is 0 Å². The van der Waals surface area contributed by atoms with Crippen molar-refractivity contribution in [1.82, 2.24) is 5.32 Å². The van der Waals surface area contributed by atoms with Gasteiger partial charge in [0.25, 0.3) is 5.69 Å². The first kappa shape index (κ1) is 15.3. The van der Waals surface area contributed by atoms with Crippen LogP contribution in [0.5, 0.6) is 5.75 Å². The van der Waals surface area contributed by atoms with Crippen LogP contribution in [0.4, 0.5) is 5.69 Å². The second-order valence-electron chi connectivity index (χ2n) is 4.64. The molecule has 0 unspecified atom stereocenters. The van der Waals surface area contributed by atoms with E-state index in [-0.39, 0.29) is 11.4 Å². The highest BCUT2D eigenvalue weighted by Gasteiger charge is 2.04. The number of phenolic OH excluding ortho intramolecular Hbond substituents is 1. The highest BCUT2D eigenvalue weighted by Crippen LogP contribution is 2.23. The maximum atomic E-state index is 10.5. The van der Waals surface area contributed by atoms with E-state index in [9.17, 15) is 15.2 Å². The molecule has 0 fully saturated rings. The smallest absolute Gasteiger partial charge is 0.269 e. The van der Waals surface area contributed by atoms with Crippen LogP contribution in [-0.2, 0) is 13.0 Å². The standard InChI is InChI=1S/C15H15ClN2O3/c16-14-9-12(3-6-15(14)19)10-17-8-7-11-1-4-13(5-2-11)18(20)21/h1-6,9,17,19H,7-8,10H2. The average Bonchev–Trinajstić information content (AvgIpc) is 2.47. The van der Waals surface area contributed by atoms with Crippen molar-refractivity contribution in [3.63, 3.8) is 0 Å². The number of rotatable bonds is 6. The zero-order valence-electron chi connectivity index (χ0n) is 11.3. The predicted molar refractivity (Wildman–Crippen MR) is 81.6 cm³/mol. The van der Waals surface area contributed by atoms with Crippen LogP contribution < -0.4 is 5.32 Å². The number of non-ortho nitro benzene ring substituents is 1. The fourth-order valence-electron chi connectivity index (χ4n) is 1.91. The quantitative estimate of drug-likeness (QED) is 0.488. The van der Waals surface area contributed by atoms with Crippen molar-refractivity contribution in [2.24, 2.45) is 0 Å². The Bertz CT molecular complexity index is 629. The second-order valence-corrected chi connectivity index (χ2v) is 5.04. The van der Waals surface area contributed by atoms with Crippen LogP contribution in [0.1, 0.15) is 11.1 Å². The molecule has 110 valence electrons. The van der Waals surface area contributed by atoms with E-state index in [4.69, 9.17) is 11.6 Å². The monoisotopic (exact) mass is 306 g/mol. The molecule has 0 saturated carbocycles. The number of nitro benzene ring substituents is 1. The molecular weight excluding hydrogens is 292 g/mol. The van der Waals surface area contributed by atoms with Gasteiger partial charge in [0.05, 0.1) is 9.95 Å². The topological polar surface area (TPSA) is 75.4 Å². The third kappa shape index (κ3) is 4.44. The molecule has 0 atom stereocenters. The SMILES string of the molecule is O=[N+]([O-])c1ccc(CCNCc2ccc(O)c(Cl)c2)cc1. The van der Waals surface area contributed by atoms with E-state index < -0.39 is 4.92 Å². The maximum absolute atomic E-state index is 10.5. The molecule has 0 aliphatic rings. The number of hydrogen-bond acceptors (Lipinski definition) is 4. The van der Waals surface area contributed by atoms with E-state index in [1.165, 1.54) is 12.1 Å². The Balaban J connectivity index is 1.79. The molecule has 0 spiro atoms. The van der Waals surface area contributed by atoms with Crippen LogP contribution in [0.15, 0.2) is 42.5 Å². The van der Waals surface area contributed by atoms with Crippen molar-refractivity contribution < 1.29 is 10.0 Å². The summed E-state index contributed by atoms with van der Waals surface area (Å²) in [4.78, 5) is 10.1. The number of halogens is 1. The molecule has 0 radical (unpaired) electrons. The fraction of sp³-hybridized carbons (Fsp3) is 0.200. The highest BCUT2D eigenvalue weighted by atomic mass is 35.5. The number of benzene rings is 2. The summed E-state index contributed by atoms with van der Waals surface area (Å²) in [6.07, 6.45) is 0.782. The van der Waals surface area contributed by atoms with Gasteiger partial charge in [0.2, 0.25) is 0 Å². The summed E-state index contributed by atoms with van der Waals surface area (Å²) in [6.45, 7) is 1.39. The summed E-state index contributed by atoms with van der Waals surface area (Å²) >= 11 is 5.83. The van der Waals surface area contributed by atoms with Gasteiger partial charge in [-0.15, -0.1) is 0 Å². The maximum Gasteiger partial charge on any atom is 0.269 e. The zero-order valence-corrected chi connectivity index (χ0v) is 12.0. The largest absolute Gasteiger partial charge is 0.506 e. The number of hydrogen-bond donors (Lipinski definition) is 2. The molecule has 0 aliphatic carbocycles. The average molecular weight is 307 g/mol. The lowest BCUT2D eigenvalue weighted by atomic mass is 10.1. The van der Waals surface area contributed by atoms with E-state index in [0.717, 1.165) is 24.1 Å². The number of aromatic hydroxyl groups is 1. The molecule has 0 saturated heterocycles. The van der Waals surface area contributed by atoms with E-state index in [1.807, 2.05) is 0 Å². The number of nitrogens with zero attached hydrogens (tertiary/aromatic N) is 1. The van der Waals surface area contributed by atoms with Gasteiger partial charge in [-0.3, -0.25) is 10.1 Å². The number of phenols is 1. The summed E-state index contributed by atoms with van der Waals surface area (Å²) in [5, 5.41) is 23.5. The molecule has 21 heavy (non-hydrogen) atoms. The van der Waals surface area contributed by atoms with Gasteiger partial charge < -0.3 is 10.4 Å². The van der Waals surface area contributed by atoms with E-state index in [0.29, 0.717) is 11.6 Å². The third-order valence-electron chi connectivity index (χ3n) is 3.08. The van der Waals surface area contributed by atoms with Crippen molar-refractivity contribution in [2.45, 2.75) is 13.0 Å².